The van der Waals surface area contributed by atoms with E-state index in [0.29, 0.717) is 12.8 Å². The minimum Gasteiger partial charge on any atom is -0.293 e. The lowest BCUT2D eigenvalue weighted by Crippen LogP contribution is -2.50. The number of carbonyl (C=O) groups excluding carboxylic acids is 2. The monoisotopic (exact) mass is 286 g/mol. The highest BCUT2D eigenvalue weighted by atomic mass is 16.1. The smallest absolute Gasteiger partial charge is 0.175 e. The van der Waals surface area contributed by atoms with Crippen LogP contribution in [0.4, 0.5) is 0 Å². The summed E-state index contributed by atoms with van der Waals surface area (Å²) in [5, 5.41) is 0. The molecule has 0 aromatic heterocycles. The molecule has 0 saturated carbocycles. The van der Waals surface area contributed by atoms with Crippen molar-refractivity contribution in [1.29, 1.82) is 0 Å². The van der Waals surface area contributed by atoms with Gasteiger partial charge in [0.1, 0.15) is 0 Å². The van der Waals surface area contributed by atoms with E-state index in [-0.39, 0.29) is 11.6 Å². The Morgan fingerprint density at radius 3 is 1.50 bits per heavy atom. The Balaban J connectivity index is 1.98. The fourth-order valence-electron chi connectivity index (χ4n) is 4.93. The zero-order valence-corrected chi connectivity index (χ0v) is 12.0. The molecular formula is C20H14O2. The molecule has 0 aliphatic heterocycles. The number of rotatable bonds is 0. The molecule has 3 aliphatic rings. The third kappa shape index (κ3) is 0.989. The average molecular weight is 286 g/mol. The molecule has 0 unspecified atom stereocenters. The van der Waals surface area contributed by atoms with E-state index in [1.54, 1.807) is 0 Å². The summed E-state index contributed by atoms with van der Waals surface area (Å²) in [6, 6.07) is 15.3. The first-order valence-electron chi connectivity index (χ1n) is 7.67. The molecule has 0 radical (unpaired) electrons. The van der Waals surface area contributed by atoms with Gasteiger partial charge in [0.25, 0.3) is 0 Å². The Hall–Kier alpha value is -2.48. The second-order valence-electron chi connectivity index (χ2n) is 6.44. The SMILES string of the molecule is O=C1c2ccccc2[C@@]23CC=CC[C@@]12c1ccccc1C3=O. The van der Waals surface area contributed by atoms with Crippen LogP contribution in [0.1, 0.15) is 44.7 Å². The molecule has 106 valence electrons. The molecule has 0 saturated heterocycles. The number of hydrogen-bond acceptors (Lipinski definition) is 2. The average Bonchev–Trinajstić information content (AvgIpc) is 2.96. The molecule has 2 aromatic carbocycles. The fraction of sp³-hybridized carbons (Fsp3) is 0.200. The number of Topliss-reactive ketones (excluding diaryl/α,β-unsaturated/α-hetero) is 2. The lowest BCUT2D eigenvalue weighted by atomic mass is 9.58. The molecule has 0 amide bonds. The summed E-state index contributed by atoms with van der Waals surface area (Å²) in [7, 11) is 0. The zero-order chi connectivity index (χ0) is 14.9. The van der Waals surface area contributed by atoms with Crippen molar-refractivity contribution < 1.29 is 9.59 Å². The van der Waals surface area contributed by atoms with Crippen molar-refractivity contribution in [3.63, 3.8) is 0 Å². The maximum absolute atomic E-state index is 13.4. The number of allylic oxidation sites excluding steroid dienone is 2. The highest BCUT2D eigenvalue weighted by Crippen LogP contribution is 2.64. The van der Waals surface area contributed by atoms with Gasteiger partial charge in [-0.25, -0.2) is 0 Å². The molecule has 0 bridgehead atoms. The van der Waals surface area contributed by atoms with E-state index in [9.17, 15) is 9.59 Å². The second-order valence-corrected chi connectivity index (χ2v) is 6.44. The van der Waals surface area contributed by atoms with Gasteiger partial charge in [0.15, 0.2) is 11.6 Å². The van der Waals surface area contributed by atoms with Crippen LogP contribution in [0.5, 0.6) is 0 Å². The van der Waals surface area contributed by atoms with Crippen LogP contribution in [0.25, 0.3) is 0 Å². The third-order valence-electron chi connectivity index (χ3n) is 5.78. The Kier molecular flexibility index (Phi) is 2.00. The van der Waals surface area contributed by atoms with Gasteiger partial charge in [0.05, 0.1) is 10.8 Å². The first-order chi connectivity index (χ1) is 10.7. The molecule has 0 fully saturated rings. The maximum Gasteiger partial charge on any atom is 0.175 e. The first-order valence-corrected chi connectivity index (χ1v) is 7.67. The van der Waals surface area contributed by atoms with Gasteiger partial charge in [-0.2, -0.15) is 0 Å². The Labute approximate surface area is 128 Å². The molecule has 0 spiro atoms. The largest absolute Gasteiger partial charge is 0.293 e. The molecule has 5 rings (SSSR count). The van der Waals surface area contributed by atoms with E-state index >= 15 is 0 Å². The van der Waals surface area contributed by atoms with Crippen LogP contribution in [-0.2, 0) is 10.8 Å². The zero-order valence-electron chi connectivity index (χ0n) is 12.0. The standard InChI is InChI=1S/C20H14O2/c21-17-13-7-1-3-9-15(13)19-11-5-6-12-20(17,19)16-10-4-2-8-14(16)18(19)22/h1-10H,11-12H2/t19-,20-/m1/s1. The molecule has 2 heteroatoms. The van der Waals surface area contributed by atoms with Crippen molar-refractivity contribution in [2.75, 3.05) is 0 Å². The van der Waals surface area contributed by atoms with Crippen LogP contribution in [0, 0.1) is 0 Å². The van der Waals surface area contributed by atoms with Crippen molar-refractivity contribution >= 4 is 11.6 Å². The molecule has 2 aromatic rings. The summed E-state index contributed by atoms with van der Waals surface area (Å²) in [5.41, 5.74) is 1.86. The fourth-order valence-corrected chi connectivity index (χ4v) is 4.93. The predicted octanol–water partition coefficient (Wildman–Crippen LogP) is 3.61. The summed E-state index contributed by atoms with van der Waals surface area (Å²) in [5.74, 6) is 0.233. The van der Waals surface area contributed by atoms with Crippen LogP contribution in [-0.4, -0.2) is 11.6 Å². The van der Waals surface area contributed by atoms with E-state index in [2.05, 4.69) is 12.2 Å². The van der Waals surface area contributed by atoms with Crippen LogP contribution in [0.2, 0.25) is 0 Å². The summed E-state index contributed by atoms with van der Waals surface area (Å²) < 4.78 is 0. The molecular weight excluding hydrogens is 272 g/mol. The topological polar surface area (TPSA) is 34.1 Å². The van der Waals surface area contributed by atoms with E-state index in [0.717, 1.165) is 22.3 Å². The maximum atomic E-state index is 13.4. The van der Waals surface area contributed by atoms with E-state index in [1.165, 1.54) is 0 Å². The van der Waals surface area contributed by atoms with Crippen LogP contribution < -0.4 is 0 Å². The van der Waals surface area contributed by atoms with Gasteiger partial charge in [-0.1, -0.05) is 60.7 Å². The van der Waals surface area contributed by atoms with Gasteiger partial charge >= 0.3 is 0 Å². The van der Waals surface area contributed by atoms with Crippen molar-refractivity contribution in [2.24, 2.45) is 0 Å². The third-order valence-corrected chi connectivity index (χ3v) is 5.78. The van der Waals surface area contributed by atoms with E-state index in [1.807, 2.05) is 48.5 Å². The van der Waals surface area contributed by atoms with Crippen molar-refractivity contribution in [3.8, 4) is 0 Å². The minimum absolute atomic E-state index is 0.116. The van der Waals surface area contributed by atoms with Crippen molar-refractivity contribution in [3.05, 3.63) is 82.9 Å². The Morgan fingerprint density at radius 2 is 1.05 bits per heavy atom. The number of ketones is 2. The van der Waals surface area contributed by atoms with Gasteiger partial charge in [-0.3, -0.25) is 9.59 Å². The second kappa shape index (κ2) is 3.64. The summed E-state index contributed by atoms with van der Waals surface area (Å²) >= 11 is 0. The van der Waals surface area contributed by atoms with E-state index in [4.69, 9.17) is 0 Å². The lowest BCUT2D eigenvalue weighted by molar-refractivity contribution is 0.0732. The summed E-state index contributed by atoms with van der Waals surface area (Å²) in [6.45, 7) is 0. The van der Waals surface area contributed by atoms with Crippen LogP contribution >= 0.6 is 0 Å². The highest BCUT2D eigenvalue weighted by molar-refractivity contribution is 6.25. The van der Waals surface area contributed by atoms with Gasteiger partial charge in [-0.05, 0) is 24.0 Å². The molecule has 0 heterocycles. The van der Waals surface area contributed by atoms with Crippen LogP contribution in [0.15, 0.2) is 60.7 Å². The molecule has 0 N–H and O–H groups in total. The minimum atomic E-state index is -0.723. The molecule has 2 atom stereocenters. The quantitative estimate of drug-likeness (QED) is 0.693. The number of benzene rings is 2. The van der Waals surface area contributed by atoms with Gasteiger partial charge in [0.2, 0.25) is 0 Å². The number of carbonyl (C=O) groups is 2. The molecule has 3 aliphatic carbocycles. The number of fused-ring (bicyclic) bond motifs is 2. The van der Waals surface area contributed by atoms with Crippen LogP contribution in [0.3, 0.4) is 0 Å². The van der Waals surface area contributed by atoms with Crippen molar-refractivity contribution in [2.45, 2.75) is 23.7 Å². The first kappa shape index (κ1) is 12.1. The van der Waals surface area contributed by atoms with Crippen molar-refractivity contribution in [1.82, 2.24) is 0 Å². The molecule has 22 heavy (non-hydrogen) atoms. The van der Waals surface area contributed by atoms with Gasteiger partial charge in [0, 0.05) is 11.1 Å². The number of hydrogen-bond donors (Lipinski definition) is 0. The van der Waals surface area contributed by atoms with Gasteiger partial charge < -0.3 is 0 Å². The normalized spacial score (nSPS) is 30.7. The lowest BCUT2D eigenvalue weighted by Gasteiger charge is -2.40. The molecule has 2 nitrogen and oxygen atoms in total. The van der Waals surface area contributed by atoms with Gasteiger partial charge in [-0.15, -0.1) is 0 Å². The highest BCUT2D eigenvalue weighted by Gasteiger charge is 2.71. The Bertz CT molecular complexity index is 819. The summed E-state index contributed by atoms with van der Waals surface area (Å²) in [4.78, 5) is 26.7. The summed E-state index contributed by atoms with van der Waals surface area (Å²) in [6.07, 6.45) is 5.36. The van der Waals surface area contributed by atoms with E-state index < -0.39 is 10.8 Å². The Morgan fingerprint density at radius 1 is 0.636 bits per heavy atom. The predicted molar refractivity (Wildman–Crippen MR) is 83.3 cm³/mol.